The number of hydrogen-bond acceptors (Lipinski definition) is 6. The molecule has 2 amide bonds. The maximum Gasteiger partial charge on any atom is 0.259 e. The molecule has 8 heteroatoms. The highest BCUT2D eigenvalue weighted by molar-refractivity contribution is 7.15. The number of aryl methyl sites for hydroxylation is 2. The summed E-state index contributed by atoms with van der Waals surface area (Å²) in [6.07, 6.45) is 0. The van der Waals surface area contributed by atoms with Crippen LogP contribution in [-0.2, 0) is 11.3 Å². The molecule has 0 saturated heterocycles. The van der Waals surface area contributed by atoms with Gasteiger partial charge < -0.3 is 14.7 Å². The molecule has 4 rings (SSSR count). The summed E-state index contributed by atoms with van der Waals surface area (Å²) in [5, 5.41) is 7.55. The van der Waals surface area contributed by atoms with Gasteiger partial charge in [0.1, 0.15) is 0 Å². The van der Waals surface area contributed by atoms with Crippen molar-refractivity contribution in [3.63, 3.8) is 0 Å². The second-order valence-corrected chi connectivity index (χ2v) is 8.73. The third-order valence-electron chi connectivity index (χ3n) is 5.00. The molecular formula is C23H22N4O3S. The van der Waals surface area contributed by atoms with Gasteiger partial charge in [0, 0.05) is 31.1 Å². The van der Waals surface area contributed by atoms with Crippen LogP contribution in [0.1, 0.15) is 33.4 Å². The van der Waals surface area contributed by atoms with Gasteiger partial charge in [-0.2, -0.15) is 0 Å². The molecule has 1 N–H and O–H groups in total. The minimum Gasteiger partial charge on any atom is -0.342 e. The number of carbonyl (C=O) groups excluding carboxylic acids is 2. The molecule has 0 fully saturated rings. The van der Waals surface area contributed by atoms with Crippen LogP contribution >= 0.6 is 11.3 Å². The Kier molecular flexibility index (Phi) is 5.56. The number of carbonyl (C=O) groups is 2. The summed E-state index contributed by atoms with van der Waals surface area (Å²) in [6, 6.07) is 13.2. The Balaban J connectivity index is 1.68. The van der Waals surface area contributed by atoms with Gasteiger partial charge in [0.25, 0.3) is 11.6 Å². The maximum atomic E-state index is 13.2. The van der Waals surface area contributed by atoms with Crippen LogP contribution in [0.2, 0.25) is 0 Å². The summed E-state index contributed by atoms with van der Waals surface area (Å²) >= 11 is 1.60. The van der Waals surface area contributed by atoms with Crippen molar-refractivity contribution in [1.29, 1.82) is 0 Å². The second-order valence-electron chi connectivity index (χ2n) is 7.44. The average Bonchev–Trinajstić information content (AvgIpc) is 3.33. The van der Waals surface area contributed by atoms with Gasteiger partial charge in [-0.3, -0.25) is 9.59 Å². The highest BCUT2D eigenvalue weighted by Crippen LogP contribution is 2.31. The van der Waals surface area contributed by atoms with E-state index in [9.17, 15) is 9.59 Å². The van der Waals surface area contributed by atoms with E-state index in [2.05, 4.69) is 15.5 Å². The maximum absolute atomic E-state index is 13.2. The van der Waals surface area contributed by atoms with Crippen LogP contribution in [0.15, 0.2) is 47.0 Å². The lowest BCUT2D eigenvalue weighted by Crippen LogP contribution is -2.23. The van der Waals surface area contributed by atoms with E-state index in [0.29, 0.717) is 40.3 Å². The number of thiophene rings is 1. The van der Waals surface area contributed by atoms with E-state index >= 15 is 0 Å². The highest BCUT2D eigenvalue weighted by Gasteiger charge is 2.20. The number of anilines is 1. The second kappa shape index (κ2) is 8.31. The van der Waals surface area contributed by atoms with Crippen LogP contribution < -0.4 is 5.32 Å². The van der Waals surface area contributed by atoms with Gasteiger partial charge in [0.15, 0.2) is 0 Å². The molecule has 4 aromatic rings. The highest BCUT2D eigenvalue weighted by atomic mass is 32.1. The number of aromatic nitrogens is 2. The van der Waals surface area contributed by atoms with Crippen LogP contribution in [0.3, 0.4) is 0 Å². The van der Waals surface area contributed by atoms with E-state index in [1.54, 1.807) is 36.3 Å². The summed E-state index contributed by atoms with van der Waals surface area (Å²) in [7, 11) is 1.74. The SMILES string of the molecule is CC(=O)N(C)Cc1cccc(NC(=O)c2cc(-c3ccc(C)s3)nc3onc(C)c23)c1. The standard InChI is InChI=1S/C23H22N4O3S/c1-13-8-9-20(31-13)19-11-18(21-14(2)26-30-23(21)25-19)22(29)24-17-7-5-6-16(10-17)12-27(4)15(3)28/h5-11H,12H2,1-4H3,(H,24,29). The number of amides is 2. The van der Waals surface area contributed by atoms with Crippen molar-refractivity contribution >= 4 is 39.9 Å². The molecule has 0 bridgehead atoms. The molecule has 0 aliphatic rings. The fourth-order valence-electron chi connectivity index (χ4n) is 3.30. The van der Waals surface area contributed by atoms with Gasteiger partial charge in [-0.15, -0.1) is 11.3 Å². The number of nitrogens with one attached hydrogen (secondary N) is 1. The van der Waals surface area contributed by atoms with E-state index < -0.39 is 0 Å². The van der Waals surface area contributed by atoms with E-state index in [1.807, 2.05) is 43.3 Å². The van der Waals surface area contributed by atoms with Gasteiger partial charge >= 0.3 is 0 Å². The number of nitrogens with zero attached hydrogens (tertiary/aromatic N) is 3. The van der Waals surface area contributed by atoms with Gasteiger partial charge in [0.2, 0.25) is 5.91 Å². The summed E-state index contributed by atoms with van der Waals surface area (Å²) in [6.45, 7) is 5.80. The molecule has 31 heavy (non-hydrogen) atoms. The number of hydrogen-bond donors (Lipinski definition) is 1. The fraction of sp³-hybridized carbons (Fsp3) is 0.217. The Hall–Kier alpha value is -3.52. The van der Waals surface area contributed by atoms with E-state index in [4.69, 9.17) is 4.52 Å². The smallest absolute Gasteiger partial charge is 0.259 e. The largest absolute Gasteiger partial charge is 0.342 e. The molecule has 0 atom stereocenters. The number of pyridine rings is 1. The van der Waals surface area contributed by atoms with Gasteiger partial charge in [-0.25, -0.2) is 4.98 Å². The number of fused-ring (bicyclic) bond motifs is 1. The first kappa shape index (κ1) is 20.7. The monoisotopic (exact) mass is 434 g/mol. The van der Waals surface area contributed by atoms with Crippen LogP contribution in [0.25, 0.3) is 21.7 Å². The Morgan fingerprint density at radius 3 is 2.68 bits per heavy atom. The van der Waals surface area contributed by atoms with Crippen molar-refractivity contribution in [1.82, 2.24) is 15.0 Å². The molecular weight excluding hydrogens is 412 g/mol. The van der Waals surface area contributed by atoms with E-state index in [0.717, 1.165) is 15.3 Å². The fourth-order valence-corrected chi connectivity index (χ4v) is 4.13. The molecule has 0 aliphatic carbocycles. The molecule has 0 spiro atoms. The molecule has 3 heterocycles. The van der Waals surface area contributed by atoms with Gasteiger partial charge in [0.05, 0.1) is 27.2 Å². The normalized spacial score (nSPS) is 11.0. The lowest BCUT2D eigenvalue weighted by molar-refractivity contribution is -0.128. The molecule has 1 aromatic carbocycles. The summed E-state index contributed by atoms with van der Waals surface area (Å²) in [5.74, 6) is -0.293. The van der Waals surface area contributed by atoms with Crippen molar-refractivity contribution < 1.29 is 14.1 Å². The Morgan fingerprint density at radius 1 is 1.16 bits per heavy atom. The van der Waals surface area contributed by atoms with Crippen LogP contribution in [-0.4, -0.2) is 33.9 Å². The average molecular weight is 435 g/mol. The molecule has 158 valence electrons. The summed E-state index contributed by atoms with van der Waals surface area (Å²) in [4.78, 5) is 33.0. The van der Waals surface area contributed by atoms with E-state index in [-0.39, 0.29) is 11.8 Å². The quantitative estimate of drug-likeness (QED) is 0.487. The molecule has 7 nitrogen and oxygen atoms in total. The first-order valence-electron chi connectivity index (χ1n) is 9.77. The van der Waals surface area contributed by atoms with E-state index in [1.165, 1.54) is 6.92 Å². The number of rotatable bonds is 5. The first-order chi connectivity index (χ1) is 14.8. The predicted molar refractivity (Wildman–Crippen MR) is 121 cm³/mol. The third kappa shape index (κ3) is 4.34. The third-order valence-corrected chi connectivity index (χ3v) is 6.02. The zero-order valence-corrected chi connectivity index (χ0v) is 18.5. The van der Waals surface area contributed by atoms with Crippen LogP contribution in [0, 0.1) is 13.8 Å². The zero-order valence-electron chi connectivity index (χ0n) is 17.7. The van der Waals surface area contributed by atoms with Crippen molar-refractivity contribution in [2.75, 3.05) is 12.4 Å². The lowest BCUT2D eigenvalue weighted by Gasteiger charge is -2.15. The van der Waals surface area contributed by atoms with Gasteiger partial charge in [-0.05, 0) is 49.7 Å². The Labute approximate surface area is 183 Å². The summed E-state index contributed by atoms with van der Waals surface area (Å²) in [5.41, 5.74) is 3.64. The minimum absolute atomic E-state index is 0.0205. The molecule has 0 radical (unpaired) electrons. The molecule has 3 aromatic heterocycles. The van der Waals surface area contributed by atoms with Crippen molar-refractivity contribution in [3.05, 3.63) is 64.2 Å². The van der Waals surface area contributed by atoms with Crippen LogP contribution in [0.5, 0.6) is 0 Å². The minimum atomic E-state index is -0.273. The van der Waals surface area contributed by atoms with Crippen molar-refractivity contribution in [2.45, 2.75) is 27.3 Å². The van der Waals surface area contributed by atoms with Crippen molar-refractivity contribution in [2.24, 2.45) is 0 Å². The zero-order chi connectivity index (χ0) is 22.1. The first-order valence-corrected chi connectivity index (χ1v) is 10.6. The lowest BCUT2D eigenvalue weighted by atomic mass is 10.1. The topological polar surface area (TPSA) is 88.3 Å². The molecule has 0 unspecified atom stereocenters. The molecule has 0 aliphatic heterocycles. The number of benzene rings is 1. The van der Waals surface area contributed by atoms with Crippen LogP contribution in [0.4, 0.5) is 5.69 Å². The predicted octanol–water partition coefficient (Wildman–Crippen LogP) is 4.80. The summed E-state index contributed by atoms with van der Waals surface area (Å²) < 4.78 is 5.37. The van der Waals surface area contributed by atoms with Gasteiger partial charge in [-0.1, -0.05) is 17.3 Å². The van der Waals surface area contributed by atoms with Crippen molar-refractivity contribution in [3.8, 4) is 10.6 Å². The Bertz CT molecular complexity index is 1290. The Morgan fingerprint density at radius 2 is 1.97 bits per heavy atom. The molecule has 0 saturated carbocycles.